The molecule has 154 valence electrons. The second kappa shape index (κ2) is 9.24. The Morgan fingerprint density at radius 2 is 1.42 bits per heavy atom. The summed E-state index contributed by atoms with van der Waals surface area (Å²) < 4.78 is 0. The van der Waals surface area contributed by atoms with E-state index < -0.39 is 17.9 Å². The van der Waals surface area contributed by atoms with Gasteiger partial charge in [-0.2, -0.15) is 0 Å². The normalized spacial score (nSPS) is 12.2. The Balaban J connectivity index is 1.62. The topological polar surface area (TPSA) is 78.4 Å². The van der Waals surface area contributed by atoms with Gasteiger partial charge in [0.05, 0.1) is 0 Å². The molecule has 4 rings (SSSR count). The highest BCUT2D eigenvalue weighted by molar-refractivity contribution is 6.08. The molecule has 31 heavy (non-hydrogen) atoms. The van der Waals surface area contributed by atoms with Gasteiger partial charge in [0.2, 0.25) is 5.91 Å². The lowest BCUT2D eigenvalue weighted by Crippen LogP contribution is -2.46. The second-order valence-electron chi connectivity index (χ2n) is 7.29. The number of rotatable bonds is 6. The van der Waals surface area contributed by atoms with E-state index in [1.54, 1.807) is 11.6 Å². The highest BCUT2D eigenvalue weighted by Gasteiger charge is 2.20. The first-order chi connectivity index (χ1) is 15.2. The van der Waals surface area contributed by atoms with Crippen molar-refractivity contribution >= 4 is 39.4 Å². The van der Waals surface area contributed by atoms with E-state index in [2.05, 4.69) is 11.4 Å². The average molecular weight is 410 g/mol. The summed E-state index contributed by atoms with van der Waals surface area (Å²) in [4.78, 5) is 24.7. The van der Waals surface area contributed by atoms with Crippen molar-refractivity contribution in [1.82, 2.24) is 10.8 Å². The van der Waals surface area contributed by atoms with E-state index in [9.17, 15) is 9.59 Å². The Morgan fingerprint density at radius 3 is 2.03 bits per heavy atom. The maximum absolute atomic E-state index is 12.6. The summed E-state index contributed by atoms with van der Waals surface area (Å²) in [5.74, 6) is -1.08. The molecule has 0 spiro atoms. The minimum Gasteiger partial charge on any atom is -0.340 e. The molecular weight excluding hydrogens is 388 g/mol. The molecule has 1 unspecified atom stereocenters. The molecule has 0 fully saturated rings. The molecule has 4 aromatic rings. The van der Waals surface area contributed by atoms with Crippen LogP contribution in [0.5, 0.6) is 0 Å². The average Bonchev–Trinajstić information content (AvgIpc) is 2.81. The molecule has 0 heterocycles. The first-order valence-corrected chi connectivity index (χ1v) is 10.0. The van der Waals surface area contributed by atoms with E-state index in [1.165, 1.54) is 6.08 Å². The fourth-order valence-corrected chi connectivity index (χ4v) is 3.74. The number of hydrogen-bond acceptors (Lipinski definition) is 3. The molecule has 5 nitrogen and oxygen atoms in total. The summed E-state index contributed by atoms with van der Waals surface area (Å²) in [7, 11) is 0. The van der Waals surface area contributed by atoms with Crippen LogP contribution in [0.25, 0.3) is 27.6 Å². The zero-order chi connectivity index (χ0) is 21.6. The number of hydroxylamine groups is 1. The molecule has 4 aromatic carbocycles. The van der Waals surface area contributed by atoms with Crippen molar-refractivity contribution in [3.63, 3.8) is 0 Å². The van der Waals surface area contributed by atoms with E-state index in [0.29, 0.717) is 0 Å². The van der Waals surface area contributed by atoms with Gasteiger partial charge < -0.3 is 5.32 Å². The molecule has 0 aromatic heterocycles. The number of amides is 2. The van der Waals surface area contributed by atoms with Gasteiger partial charge >= 0.3 is 0 Å². The van der Waals surface area contributed by atoms with Crippen LogP contribution < -0.4 is 10.8 Å². The molecule has 0 aliphatic rings. The Hall–Kier alpha value is -3.96. The Labute approximate surface area is 180 Å². The number of hydrogen-bond donors (Lipinski definition) is 3. The van der Waals surface area contributed by atoms with Gasteiger partial charge in [0.15, 0.2) is 0 Å². The van der Waals surface area contributed by atoms with E-state index in [0.717, 1.165) is 32.7 Å². The van der Waals surface area contributed by atoms with Crippen LogP contribution in [0.3, 0.4) is 0 Å². The van der Waals surface area contributed by atoms with Gasteiger partial charge in [0.25, 0.3) is 5.91 Å². The predicted molar refractivity (Wildman–Crippen MR) is 122 cm³/mol. The summed E-state index contributed by atoms with van der Waals surface area (Å²) in [6, 6.07) is 26.6. The molecule has 1 atom stereocenters. The predicted octanol–water partition coefficient (Wildman–Crippen LogP) is 4.24. The summed E-state index contributed by atoms with van der Waals surface area (Å²) in [6.07, 6.45) is 3.47. The van der Waals surface area contributed by atoms with Crippen LogP contribution in [-0.2, 0) is 16.0 Å². The van der Waals surface area contributed by atoms with Gasteiger partial charge in [0, 0.05) is 12.5 Å². The first kappa shape index (κ1) is 20.3. The van der Waals surface area contributed by atoms with Crippen molar-refractivity contribution < 1.29 is 14.8 Å². The third kappa shape index (κ3) is 4.63. The molecule has 0 bridgehead atoms. The lowest BCUT2D eigenvalue weighted by atomic mass is 9.96. The summed E-state index contributed by atoms with van der Waals surface area (Å²) >= 11 is 0. The molecule has 0 aliphatic heterocycles. The zero-order valence-corrected chi connectivity index (χ0v) is 16.8. The summed E-state index contributed by atoms with van der Waals surface area (Å²) in [5.41, 5.74) is 3.45. The van der Waals surface area contributed by atoms with Crippen molar-refractivity contribution in [2.45, 2.75) is 12.5 Å². The minimum absolute atomic E-state index is 0.268. The molecule has 0 aliphatic carbocycles. The molecule has 0 saturated heterocycles. The second-order valence-corrected chi connectivity index (χ2v) is 7.29. The van der Waals surface area contributed by atoms with Gasteiger partial charge in [0.1, 0.15) is 6.04 Å². The van der Waals surface area contributed by atoms with Gasteiger partial charge in [-0.3, -0.25) is 14.8 Å². The van der Waals surface area contributed by atoms with Gasteiger partial charge in [-0.25, -0.2) is 5.48 Å². The molecule has 2 amide bonds. The number of fused-ring (bicyclic) bond motifs is 2. The lowest BCUT2D eigenvalue weighted by Gasteiger charge is -2.16. The van der Waals surface area contributed by atoms with Crippen molar-refractivity contribution in [2.24, 2.45) is 0 Å². The zero-order valence-electron chi connectivity index (χ0n) is 16.8. The molecule has 3 N–H and O–H groups in total. The monoisotopic (exact) mass is 410 g/mol. The molecule has 5 heteroatoms. The minimum atomic E-state index is -0.895. The number of nitrogens with one attached hydrogen (secondary N) is 2. The van der Waals surface area contributed by atoms with Crippen LogP contribution in [0, 0.1) is 0 Å². The summed E-state index contributed by atoms with van der Waals surface area (Å²) in [5, 5.41) is 16.0. The highest BCUT2D eigenvalue weighted by Crippen LogP contribution is 2.29. The largest absolute Gasteiger partial charge is 0.340 e. The fourth-order valence-electron chi connectivity index (χ4n) is 3.74. The standard InChI is InChI=1S/C26H22N2O3/c29-25(27-24(26(30)28-31)16-18-8-2-1-3-9-18)15-14-23-21-12-6-4-10-19(21)17-20-11-5-7-13-22(20)23/h1-15,17,24,31H,16H2,(H,27,29)(H,28,30)/b15-14+. The highest BCUT2D eigenvalue weighted by atomic mass is 16.5. The van der Waals surface area contributed by atoms with Crippen LogP contribution in [0.4, 0.5) is 0 Å². The summed E-state index contributed by atoms with van der Waals surface area (Å²) in [6.45, 7) is 0. The van der Waals surface area contributed by atoms with Crippen LogP contribution in [0.1, 0.15) is 11.1 Å². The van der Waals surface area contributed by atoms with Crippen LogP contribution in [0.2, 0.25) is 0 Å². The number of carbonyl (C=O) groups excluding carboxylic acids is 2. The quantitative estimate of drug-likeness (QED) is 0.193. The van der Waals surface area contributed by atoms with Gasteiger partial charge in [-0.1, -0.05) is 78.9 Å². The van der Waals surface area contributed by atoms with Crippen molar-refractivity contribution in [1.29, 1.82) is 0 Å². The third-order valence-corrected chi connectivity index (χ3v) is 5.24. The third-order valence-electron chi connectivity index (χ3n) is 5.24. The van der Waals surface area contributed by atoms with Crippen LogP contribution in [0.15, 0.2) is 91.0 Å². The van der Waals surface area contributed by atoms with Crippen molar-refractivity contribution in [3.8, 4) is 0 Å². The Kier molecular flexibility index (Phi) is 6.05. The van der Waals surface area contributed by atoms with Crippen molar-refractivity contribution in [2.75, 3.05) is 0 Å². The molecule has 0 radical (unpaired) electrons. The van der Waals surface area contributed by atoms with E-state index >= 15 is 0 Å². The molecule has 0 saturated carbocycles. The SMILES string of the molecule is O=C(/C=C/c1c2ccccc2cc2ccccc12)NC(Cc1ccccc1)C(=O)NO. The van der Waals surface area contributed by atoms with E-state index in [1.807, 2.05) is 78.9 Å². The maximum Gasteiger partial charge on any atom is 0.266 e. The fraction of sp³-hybridized carbons (Fsp3) is 0.0769. The van der Waals surface area contributed by atoms with E-state index in [-0.39, 0.29) is 6.42 Å². The van der Waals surface area contributed by atoms with Gasteiger partial charge in [-0.05, 0) is 44.8 Å². The maximum atomic E-state index is 12.6. The molecular formula is C26H22N2O3. The number of carbonyl (C=O) groups is 2. The van der Waals surface area contributed by atoms with Gasteiger partial charge in [-0.15, -0.1) is 0 Å². The van der Waals surface area contributed by atoms with Crippen LogP contribution in [-0.4, -0.2) is 23.1 Å². The smallest absolute Gasteiger partial charge is 0.266 e. The first-order valence-electron chi connectivity index (χ1n) is 10.0. The Morgan fingerprint density at radius 1 is 0.839 bits per heavy atom. The van der Waals surface area contributed by atoms with E-state index in [4.69, 9.17) is 5.21 Å². The number of benzene rings is 4. The van der Waals surface area contributed by atoms with Crippen molar-refractivity contribution in [3.05, 3.63) is 102 Å². The lowest BCUT2D eigenvalue weighted by molar-refractivity contribution is -0.133. The van der Waals surface area contributed by atoms with Crippen LogP contribution >= 0.6 is 0 Å². The Bertz CT molecular complexity index is 1210.